The average molecular weight is 422 g/mol. The number of carbonyl (C=O) groups excluding carboxylic acids is 1. The summed E-state index contributed by atoms with van der Waals surface area (Å²) in [5.74, 6) is 0.829. The molecule has 0 radical (unpaired) electrons. The van der Waals surface area contributed by atoms with Gasteiger partial charge in [0.15, 0.2) is 5.16 Å². The molecule has 0 N–H and O–H groups in total. The van der Waals surface area contributed by atoms with Gasteiger partial charge in [-0.1, -0.05) is 29.5 Å². The van der Waals surface area contributed by atoms with Gasteiger partial charge in [-0.3, -0.25) is 9.36 Å². The molecule has 0 aliphatic rings. The van der Waals surface area contributed by atoms with Crippen LogP contribution < -0.4 is 9.64 Å². The van der Waals surface area contributed by atoms with Crippen LogP contribution in [0.2, 0.25) is 0 Å². The molecule has 0 atom stereocenters. The third kappa shape index (κ3) is 5.39. The van der Waals surface area contributed by atoms with Gasteiger partial charge in [0.1, 0.15) is 12.1 Å². The Labute approximate surface area is 180 Å². The van der Waals surface area contributed by atoms with E-state index in [-0.39, 0.29) is 18.1 Å². The molecule has 1 aromatic heterocycles. The summed E-state index contributed by atoms with van der Waals surface area (Å²) in [5.41, 5.74) is 2.84. The minimum atomic E-state index is -0.0992. The van der Waals surface area contributed by atoms with Crippen LogP contribution in [0.3, 0.4) is 0 Å². The lowest BCUT2D eigenvalue weighted by Crippen LogP contribution is -2.33. The maximum atomic E-state index is 13.0. The number of anilines is 1. The molecule has 0 unspecified atom stereocenters. The van der Waals surface area contributed by atoms with E-state index in [1.165, 1.54) is 17.3 Å². The Morgan fingerprint density at radius 1 is 1.20 bits per heavy atom. The molecule has 0 saturated heterocycles. The first-order chi connectivity index (χ1) is 14.6. The molecule has 30 heavy (non-hydrogen) atoms. The molecule has 0 saturated carbocycles. The van der Waals surface area contributed by atoms with Gasteiger partial charge in [-0.25, -0.2) is 0 Å². The standard InChI is InChI=1S/C22H23N5O2S/c1-3-29-20-11-9-18(10-12-20)26(14-4-13-23)21(28)15-30-22-25-24-16-27(22)19-7-5-17(2)6-8-19/h5-12,16H,3-4,14-15H2,1-2H3. The monoisotopic (exact) mass is 421 g/mol. The zero-order valence-corrected chi connectivity index (χ0v) is 17.8. The number of aromatic nitrogens is 3. The molecule has 7 nitrogen and oxygen atoms in total. The third-order valence-corrected chi connectivity index (χ3v) is 5.29. The van der Waals surface area contributed by atoms with Gasteiger partial charge in [-0.15, -0.1) is 10.2 Å². The maximum absolute atomic E-state index is 13.0. The van der Waals surface area contributed by atoms with Crippen molar-refractivity contribution in [1.82, 2.24) is 14.8 Å². The van der Waals surface area contributed by atoms with Gasteiger partial charge in [-0.2, -0.15) is 5.26 Å². The smallest absolute Gasteiger partial charge is 0.237 e. The van der Waals surface area contributed by atoms with E-state index < -0.39 is 0 Å². The lowest BCUT2D eigenvalue weighted by Gasteiger charge is -2.22. The highest BCUT2D eigenvalue weighted by molar-refractivity contribution is 7.99. The number of nitrogens with zero attached hydrogens (tertiary/aromatic N) is 5. The number of nitriles is 1. The Balaban J connectivity index is 1.71. The predicted octanol–water partition coefficient (Wildman–Crippen LogP) is 4.01. The van der Waals surface area contributed by atoms with Crippen LogP contribution in [0.25, 0.3) is 5.69 Å². The first-order valence-electron chi connectivity index (χ1n) is 9.62. The Morgan fingerprint density at radius 3 is 2.60 bits per heavy atom. The van der Waals surface area contributed by atoms with Gasteiger partial charge in [-0.05, 0) is 50.2 Å². The number of carbonyl (C=O) groups is 1. The van der Waals surface area contributed by atoms with Gasteiger partial charge in [0.05, 0.1) is 24.8 Å². The molecule has 0 aliphatic heterocycles. The van der Waals surface area contributed by atoms with Gasteiger partial charge in [0.2, 0.25) is 5.91 Å². The fourth-order valence-corrected chi connectivity index (χ4v) is 3.66. The topological polar surface area (TPSA) is 84.0 Å². The molecular formula is C22H23N5O2S. The second-order valence-electron chi connectivity index (χ2n) is 6.49. The van der Waals surface area contributed by atoms with E-state index in [0.29, 0.717) is 18.3 Å². The average Bonchev–Trinajstić information content (AvgIpc) is 3.23. The molecule has 3 rings (SSSR count). The van der Waals surface area contributed by atoms with Gasteiger partial charge >= 0.3 is 0 Å². The lowest BCUT2D eigenvalue weighted by molar-refractivity contribution is -0.116. The summed E-state index contributed by atoms with van der Waals surface area (Å²) in [7, 11) is 0. The van der Waals surface area contributed by atoms with Crippen LogP contribution in [0, 0.1) is 18.3 Å². The minimum Gasteiger partial charge on any atom is -0.494 e. The second kappa shape index (κ2) is 10.5. The van der Waals surface area contributed by atoms with E-state index in [2.05, 4.69) is 16.3 Å². The fraction of sp³-hybridized carbons (Fsp3) is 0.273. The lowest BCUT2D eigenvalue weighted by atomic mass is 10.2. The SMILES string of the molecule is CCOc1ccc(N(CCC#N)C(=O)CSc2nncn2-c2ccc(C)cc2)cc1. The molecule has 1 amide bonds. The van der Waals surface area contributed by atoms with Crippen molar-refractivity contribution in [1.29, 1.82) is 5.26 Å². The van der Waals surface area contributed by atoms with Gasteiger partial charge < -0.3 is 9.64 Å². The molecule has 0 spiro atoms. The highest BCUT2D eigenvalue weighted by Crippen LogP contribution is 2.24. The molecule has 1 heterocycles. The van der Waals surface area contributed by atoms with E-state index in [9.17, 15) is 4.79 Å². The number of hydrogen-bond donors (Lipinski definition) is 0. The van der Waals surface area contributed by atoms with Crippen LogP contribution in [-0.2, 0) is 4.79 Å². The quantitative estimate of drug-likeness (QED) is 0.485. The normalized spacial score (nSPS) is 10.4. The molecule has 0 bridgehead atoms. The van der Waals surface area contributed by atoms with Crippen LogP contribution >= 0.6 is 11.8 Å². The summed E-state index contributed by atoms with van der Waals surface area (Å²) >= 11 is 1.32. The number of rotatable bonds is 9. The number of amides is 1. The highest BCUT2D eigenvalue weighted by atomic mass is 32.2. The molecule has 154 valence electrons. The number of aryl methyl sites for hydroxylation is 1. The Bertz CT molecular complexity index is 1010. The van der Waals surface area contributed by atoms with Crippen molar-refractivity contribution in [3.8, 4) is 17.5 Å². The van der Waals surface area contributed by atoms with E-state index in [4.69, 9.17) is 10.00 Å². The molecule has 2 aromatic carbocycles. The van der Waals surface area contributed by atoms with E-state index >= 15 is 0 Å². The largest absolute Gasteiger partial charge is 0.494 e. The zero-order chi connectivity index (χ0) is 21.3. The summed E-state index contributed by atoms with van der Waals surface area (Å²) in [6.45, 7) is 4.85. The Hall–Kier alpha value is -3.31. The summed E-state index contributed by atoms with van der Waals surface area (Å²) in [6.07, 6.45) is 1.89. The fourth-order valence-electron chi connectivity index (χ4n) is 2.86. The second-order valence-corrected chi connectivity index (χ2v) is 7.43. The summed E-state index contributed by atoms with van der Waals surface area (Å²) in [5, 5.41) is 17.8. The van der Waals surface area contributed by atoms with Gasteiger partial charge in [0, 0.05) is 17.9 Å². The van der Waals surface area contributed by atoms with Crippen LogP contribution in [0.1, 0.15) is 18.9 Å². The number of thioether (sulfide) groups is 1. The van der Waals surface area contributed by atoms with E-state index in [0.717, 1.165) is 17.1 Å². The van der Waals surface area contributed by atoms with Crippen LogP contribution in [0.15, 0.2) is 60.0 Å². The zero-order valence-electron chi connectivity index (χ0n) is 17.0. The number of hydrogen-bond acceptors (Lipinski definition) is 6. The van der Waals surface area contributed by atoms with Crippen LogP contribution in [-0.4, -0.2) is 39.6 Å². The van der Waals surface area contributed by atoms with Crippen molar-refractivity contribution < 1.29 is 9.53 Å². The Morgan fingerprint density at radius 2 is 1.93 bits per heavy atom. The van der Waals surface area contributed by atoms with Crippen molar-refractivity contribution >= 4 is 23.4 Å². The van der Waals surface area contributed by atoms with Gasteiger partial charge in [0.25, 0.3) is 0 Å². The van der Waals surface area contributed by atoms with Crippen molar-refractivity contribution in [3.63, 3.8) is 0 Å². The first kappa shape index (κ1) is 21.4. The third-order valence-electron chi connectivity index (χ3n) is 4.36. The molecule has 0 aliphatic carbocycles. The van der Waals surface area contributed by atoms with Crippen LogP contribution in [0.4, 0.5) is 5.69 Å². The predicted molar refractivity (Wildman–Crippen MR) is 117 cm³/mol. The summed E-state index contributed by atoms with van der Waals surface area (Å²) in [6, 6.07) is 17.4. The van der Waals surface area contributed by atoms with E-state index in [1.807, 2.05) is 66.9 Å². The van der Waals surface area contributed by atoms with Crippen molar-refractivity contribution in [3.05, 3.63) is 60.4 Å². The molecule has 8 heteroatoms. The molecule has 3 aromatic rings. The Kier molecular flexibility index (Phi) is 7.46. The highest BCUT2D eigenvalue weighted by Gasteiger charge is 2.18. The number of benzene rings is 2. The molecule has 0 fully saturated rings. The number of ether oxygens (including phenoxy) is 1. The summed E-state index contributed by atoms with van der Waals surface area (Å²) in [4.78, 5) is 14.6. The van der Waals surface area contributed by atoms with Crippen molar-refractivity contribution in [2.24, 2.45) is 0 Å². The maximum Gasteiger partial charge on any atom is 0.237 e. The first-order valence-corrected chi connectivity index (χ1v) is 10.6. The summed E-state index contributed by atoms with van der Waals surface area (Å²) < 4.78 is 7.32. The van der Waals surface area contributed by atoms with Crippen molar-refractivity contribution in [2.75, 3.05) is 23.8 Å². The van der Waals surface area contributed by atoms with Crippen LogP contribution in [0.5, 0.6) is 5.75 Å². The van der Waals surface area contributed by atoms with E-state index in [1.54, 1.807) is 11.2 Å². The van der Waals surface area contributed by atoms with Crippen molar-refractivity contribution in [2.45, 2.75) is 25.4 Å². The molecular weight excluding hydrogens is 398 g/mol. The minimum absolute atomic E-state index is 0.0992.